The summed E-state index contributed by atoms with van der Waals surface area (Å²) in [6.45, 7) is 14.4. The van der Waals surface area contributed by atoms with Gasteiger partial charge in [-0.3, -0.25) is 0 Å². The highest BCUT2D eigenvalue weighted by atomic mass is 16.1. The Hall–Kier alpha value is -0.330. The lowest BCUT2D eigenvalue weighted by molar-refractivity contribution is -0.106. The minimum absolute atomic E-state index is 0. The average molecular weight is 393 g/mol. The molecule has 0 radical (unpaired) electrons. The molecule has 0 amide bonds. The third-order valence-corrected chi connectivity index (χ3v) is 9.83. The van der Waals surface area contributed by atoms with E-state index in [2.05, 4.69) is 34.6 Å². The van der Waals surface area contributed by atoms with Crippen molar-refractivity contribution in [2.75, 3.05) is 0 Å². The maximum Gasteiger partial charge on any atom is 0.116 e. The van der Waals surface area contributed by atoms with E-state index >= 15 is 0 Å². The SMILES string of the molecule is CC=O.CCCC(C)C1CCC2CCCC3CCCCC3(C)C(C)CCC21C.[HH]. The number of fused-ring (bicyclic) bond motifs is 2. The molecule has 3 aliphatic carbocycles. The molecule has 0 aromatic carbocycles. The van der Waals surface area contributed by atoms with Crippen LogP contribution in [-0.4, -0.2) is 6.29 Å². The fourth-order valence-electron chi connectivity index (χ4n) is 7.82. The van der Waals surface area contributed by atoms with Gasteiger partial charge >= 0.3 is 0 Å². The van der Waals surface area contributed by atoms with Crippen LogP contribution in [0, 0.1) is 40.4 Å². The molecule has 0 aromatic rings. The highest BCUT2D eigenvalue weighted by Gasteiger charge is 2.49. The van der Waals surface area contributed by atoms with Gasteiger partial charge in [0, 0.05) is 1.43 Å². The van der Waals surface area contributed by atoms with Gasteiger partial charge in [0.15, 0.2) is 0 Å². The van der Waals surface area contributed by atoms with Crippen molar-refractivity contribution >= 4 is 6.29 Å². The summed E-state index contributed by atoms with van der Waals surface area (Å²) in [7, 11) is 0. The molecule has 0 heterocycles. The maximum absolute atomic E-state index is 8.81. The zero-order valence-corrected chi connectivity index (χ0v) is 20.1. The zero-order chi connectivity index (χ0) is 20.8. The first-order valence-electron chi connectivity index (χ1n) is 12.7. The minimum Gasteiger partial charge on any atom is -0.304 e. The smallest absolute Gasteiger partial charge is 0.116 e. The maximum atomic E-state index is 8.81. The Morgan fingerprint density at radius 1 is 0.929 bits per heavy atom. The Balaban J connectivity index is 0.000000990. The molecule has 0 N–H and O–H groups in total. The Kier molecular flexibility index (Phi) is 9.09. The summed E-state index contributed by atoms with van der Waals surface area (Å²) >= 11 is 0. The van der Waals surface area contributed by atoms with Crippen molar-refractivity contribution in [3.63, 3.8) is 0 Å². The van der Waals surface area contributed by atoms with Gasteiger partial charge in [-0.1, -0.05) is 66.7 Å². The van der Waals surface area contributed by atoms with Crippen LogP contribution in [0.1, 0.15) is 126 Å². The molecular weight excluding hydrogens is 340 g/mol. The van der Waals surface area contributed by atoms with Gasteiger partial charge < -0.3 is 4.79 Å². The van der Waals surface area contributed by atoms with Crippen LogP contribution in [0.4, 0.5) is 0 Å². The predicted molar refractivity (Wildman–Crippen MR) is 125 cm³/mol. The summed E-state index contributed by atoms with van der Waals surface area (Å²) in [5, 5.41) is 0. The summed E-state index contributed by atoms with van der Waals surface area (Å²) in [5.41, 5.74) is 1.28. The third-order valence-electron chi connectivity index (χ3n) is 9.83. The Morgan fingerprint density at radius 3 is 2.18 bits per heavy atom. The molecular formula is C27H52O. The molecule has 3 aliphatic rings. The summed E-state index contributed by atoms with van der Waals surface area (Å²) in [4.78, 5) is 8.81. The summed E-state index contributed by atoms with van der Waals surface area (Å²) in [6, 6.07) is 0. The molecule has 166 valence electrons. The number of aldehydes is 1. The molecule has 0 aromatic heterocycles. The van der Waals surface area contributed by atoms with Crippen molar-refractivity contribution in [1.82, 2.24) is 0 Å². The molecule has 0 saturated heterocycles. The number of hydrogen-bond acceptors (Lipinski definition) is 1. The first-order valence-corrected chi connectivity index (χ1v) is 12.7. The van der Waals surface area contributed by atoms with Crippen LogP contribution >= 0.6 is 0 Å². The van der Waals surface area contributed by atoms with Crippen LogP contribution in [0.2, 0.25) is 0 Å². The molecule has 0 bridgehead atoms. The van der Waals surface area contributed by atoms with Crippen LogP contribution in [-0.2, 0) is 4.79 Å². The number of carbonyl (C=O) groups excluding carboxylic acids is 1. The highest BCUT2D eigenvalue weighted by Crippen LogP contribution is 2.59. The summed E-state index contributed by atoms with van der Waals surface area (Å²) < 4.78 is 0. The van der Waals surface area contributed by atoms with E-state index in [9.17, 15) is 0 Å². The van der Waals surface area contributed by atoms with Crippen LogP contribution in [0.15, 0.2) is 0 Å². The predicted octanol–water partition coefficient (Wildman–Crippen LogP) is 8.70. The second kappa shape index (κ2) is 10.6. The van der Waals surface area contributed by atoms with E-state index in [1.807, 2.05) is 0 Å². The molecule has 0 aliphatic heterocycles. The third kappa shape index (κ3) is 5.04. The topological polar surface area (TPSA) is 17.1 Å². The fourth-order valence-corrected chi connectivity index (χ4v) is 7.82. The lowest BCUT2D eigenvalue weighted by atomic mass is 9.56. The largest absolute Gasteiger partial charge is 0.304 e. The molecule has 3 rings (SSSR count). The van der Waals surface area contributed by atoms with Crippen molar-refractivity contribution in [2.24, 2.45) is 40.4 Å². The van der Waals surface area contributed by atoms with Gasteiger partial charge in [0.2, 0.25) is 0 Å². The molecule has 1 nitrogen and oxygen atoms in total. The summed E-state index contributed by atoms with van der Waals surface area (Å²) in [5.74, 6) is 4.92. The van der Waals surface area contributed by atoms with Crippen molar-refractivity contribution < 1.29 is 6.22 Å². The first kappa shape index (κ1) is 23.9. The zero-order valence-electron chi connectivity index (χ0n) is 20.1. The van der Waals surface area contributed by atoms with Gasteiger partial charge in [0.05, 0.1) is 0 Å². The van der Waals surface area contributed by atoms with Crippen LogP contribution in [0.25, 0.3) is 0 Å². The van der Waals surface area contributed by atoms with Gasteiger partial charge in [-0.2, -0.15) is 0 Å². The van der Waals surface area contributed by atoms with E-state index in [0.717, 1.165) is 35.9 Å². The molecule has 7 atom stereocenters. The van der Waals surface area contributed by atoms with E-state index in [1.54, 1.807) is 0 Å². The van der Waals surface area contributed by atoms with Crippen LogP contribution in [0.5, 0.6) is 0 Å². The molecule has 7 unspecified atom stereocenters. The molecule has 3 fully saturated rings. The lowest BCUT2D eigenvalue weighted by Crippen LogP contribution is -2.40. The van der Waals surface area contributed by atoms with Gasteiger partial charge in [0.1, 0.15) is 6.29 Å². The quantitative estimate of drug-likeness (QED) is 0.439. The monoisotopic (exact) mass is 392 g/mol. The van der Waals surface area contributed by atoms with Crippen molar-refractivity contribution in [2.45, 2.75) is 125 Å². The molecule has 1 heteroatoms. The minimum atomic E-state index is 0. The number of carbonyl (C=O) groups is 1. The first-order chi connectivity index (χ1) is 13.3. The van der Waals surface area contributed by atoms with E-state index in [1.165, 1.54) is 90.4 Å². The van der Waals surface area contributed by atoms with E-state index in [-0.39, 0.29) is 1.43 Å². The van der Waals surface area contributed by atoms with E-state index in [4.69, 9.17) is 4.79 Å². The van der Waals surface area contributed by atoms with Crippen molar-refractivity contribution in [1.29, 1.82) is 0 Å². The summed E-state index contributed by atoms with van der Waals surface area (Å²) in [6.07, 6.45) is 20.2. The normalized spacial score (nSPS) is 42.4. The van der Waals surface area contributed by atoms with Gasteiger partial charge in [-0.25, -0.2) is 0 Å². The molecule has 28 heavy (non-hydrogen) atoms. The Labute approximate surface area is 178 Å². The van der Waals surface area contributed by atoms with Gasteiger partial charge in [-0.05, 0) is 98.7 Å². The van der Waals surface area contributed by atoms with Crippen molar-refractivity contribution in [3.05, 3.63) is 0 Å². The highest BCUT2D eigenvalue weighted by molar-refractivity contribution is 5.44. The average Bonchev–Trinajstić information content (AvgIpc) is 2.98. The molecule has 0 spiro atoms. The molecule has 3 saturated carbocycles. The van der Waals surface area contributed by atoms with E-state index in [0.29, 0.717) is 10.8 Å². The second-order valence-corrected chi connectivity index (χ2v) is 11.2. The van der Waals surface area contributed by atoms with E-state index < -0.39 is 0 Å². The van der Waals surface area contributed by atoms with Gasteiger partial charge in [-0.15, -0.1) is 0 Å². The Morgan fingerprint density at radius 2 is 1.54 bits per heavy atom. The lowest BCUT2D eigenvalue weighted by Gasteiger charge is -2.49. The standard InChI is InChI=1S/C25H46.C2H4O.H2/c1-6-10-19(2)23-15-14-22-13-9-12-21-11-7-8-17-24(21,4)20(3)16-18-25(22,23)5;1-2-3;/h19-23H,6-18H2,1-5H3;2H,1H3;1H. The van der Waals surface area contributed by atoms with Crippen LogP contribution in [0.3, 0.4) is 0 Å². The fraction of sp³-hybridized carbons (Fsp3) is 0.963. The number of rotatable bonds is 3. The number of hydrogen-bond donors (Lipinski definition) is 0. The van der Waals surface area contributed by atoms with Gasteiger partial charge in [0.25, 0.3) is 0 Å². The van der Waals surface area contributed by atoms with Crippen molar-refractivity contribution in [3.8, 4) is 0 Å². The van der Waals surface area contributed by atoms with Crippen LogP contribution < -0.4 is 0 Å². The Bertz CT molecular complexity index is 477. The second-order valence-electron chi connectivity index (χ2n) is 11.2.